The van der Waals surface area contributed by atoms with Gasteiger partial charge in [-0.25, -0.2) is 4.98 Å². The summed E-state index contributed by atoms with van der Waals surface area (Å²) >= 11 is 0. The summed E-state index contributed by atoms with van der Waals surface area (Å²) in [5, 5.41) is 3.17. The molecular formula is C14H21N3O. The van der Waals surface area contributed by atoms with Crippen LogP contribution in [-0.2, 0) is 17.7 Å². The van der Waals surface area contributed by atoms with Gasteiger partial charge in [-0.15, -0.1) is 0 Å². The fraction of sp³-hybridized carbons (Fsp3) is 0.500. The molecule has 0 spiro atoms. The summed E-state index contributed by atoms with van der Waals surface area (Å²) in [5.74, 6) is 1.16. The highest BCUT2D eigenvalue weighted by Crippen LogP contribution is 2.16. The second kappa shape index (κ2) is 6.52. The van der Waals surface area contributed by atoms with E-state index in [0.29, 0.717) is 0 Å². The molecule has 0 aliphatic heterocycles. The molecule has 0 saturated carbocycles. The molecule has 0 aliphatic carbocycles. The smallest absolute Gasteiger partial charge is 0.109 e. The molecule has 0 aliphatic rings. The molecule has 0 amide bonds. The highest BCUT2D eigenvalue weighted by molar-refractivity contribution is 5.75. The average molecular weight is 247 g/mol. The minimum atomic E-state index is 0.722. The highest BCUT2D eigenvalue weighted by atomic mass is 16.5. The Balaban J connectivity index is 2.25. The van der Waals surface area contributed by atoms with Crippen molar-refractivity contribution in [2.45, 2.75) is 19.4 Å². The number of nitrogens with one attached hydrogen (secondary N) is 1. The predicted molar refractivity (Wildman–Crippen MR) is 73.9 cm³/mol. The van der Waals surface area contributed by atoms with Gasteiger partial charge in [0.05, 0.1) is 17.6 Å². The Morgan fingerprint density at radius 2 is 2.17 bits per heavy atom. The molecule has 1 N–H and O–H groups in total. The number of aryl methyl sites for hydroxylation is 1. The third-order valence-corrected chi connectivity index (χ3v) is 3.08. The van der Waals surface area contributed by atoms with Crippen molar-refractivity contribution >= 4 is 11.0 Å². The van der Waals surface area contributed by atoms with Crippen LogP contribution in [0.3, 0.4) is 0 Å². The molecule has 1 aromatic carbocycles. The summed E-state index contributed by atoms with van der Waals surface area (Å²) in [4.78, 5) is 4.72. The van der Waals surface area contributed by atoms with E-state index in [1.54, 1.807) is 7.11 Å². The lowest BCUT2D eigenvalue weighted by Gasteiger charge is -2.08. The van der Waals surface area contributed by atoms with Crippen molar-refractivity contribution in [3.05, 3.63) is 30.1 Å². The van der Waals surface area contributed by atoms with Crippen LogP contribution >= 0.6 is 0 Å². The first-order valence-corrected chi connectivity index (χ1v) is 6.44. The van der Waals surface area contributed by atoms with Crippen LogP contribution in [0.2, 0.25) is 0 Å². The van der Waals surface area contributed by atoms with Gasteiger partial charge < -0.3 is 14.6 Å². The van der Waals surface area contributed by atoms with E-state index in [4.69, 9.17) is 9.72 Å². The van der Waals surface area contributed by atoms with Gasteiger partial charge in [-0.3, -0.25) is 0 Å². The van der Waals surface area contributed by atoms with Crippen LogP contribution in [0, 0.1) is 0 Å². The number of rotatable bonds is 7. The topological polar surface area (TPSA) is 39.1 Å². The van der Waals surface area contributed by atoms with E-state index in [-0.39, 0.29) is 0 Å². The van der Waals surface area contributed by atoms with Crippen LogP contribution in [-0.4, -0.2) is 36.9 Å². The third kappa shape index (κ3) is 2.89. The van der Waals surface area contributed by atoms with E-state index < -0.39 is 0 Å². The number of fused-ring (bicyclic) bond motifs is 1. The summed E-state index contributed by atoms with van der Waals surface area (Å²) in [6.45, 7) is 2.61. The first kappa shape index (κ1) is 13.1. The van der Waals surface area contributed by atoms with Crippen LogP contribution in [0.4, 0.5) is 0 Å². The van der Waals surface area contributed by atoms with Crippen molar-refractivity contribution in [3.8, 4) is 0 Å². The minimum absolute atomic E-state index is 0.722. The average Bonchev–Trinajstić information content (AvgIpc) is 2.74. The maximum absolute atomic E-state index is 5.18. The Morgan fingerprint density at radius 3 is 2.94 bits per heavy atom. The molecule has 2 rings (SSSR count). The number of hydrogen-bond donors (Lipinski definition) is 1. The summed E-state index contributed by atoms with van der Waals surface area (Å²) in [6.07, 6.45) is 2.10. The van der Waals surface area contributed by atoms with E-state index >= 15 is 0 Å². The SMILES string of the molecule is CNCCCc1nc2ccccc2n1CCOC. The monoisotopic (exact) mass is 247 g/mol. The molecule has 1 heterocycles. The maximum atomic E-state index is 5.18. The van der Waals surface area contributed by atoms with Crippen molar-refractivity contribution in [1.29, 1.82) is 0 Å². The Hall–Kier alpha value is -1.39. The number of nitrogens with zero attached hydrogens (tertiary/aromatic N) is 2. The van der Waals surface area contributed by atoms with Gasteiger partial charge in [0.1, 0.15) is 5.82 Å². The molecule has 98 valence electrons. The Morgan fingerprint density at radius 1 is 1.33 bits per heavy atom. The second-order valence-electron chi connectivity index (χ2n) is 4.37. The lowest BCUT2D eigenvalue weighted by atomic mass is 10.3. The second-order valence-corrected chi connectivity index (χ2v) is 4.37. The summed E-state index contributed by atoms with van der Waals surface area (Å²) in [5.41, 5.74) is 2.28. The molecule has 0 saturated heterocycles. The Bertz CT molecular complexity index is 493. The van der Waals surface area contributed by atoms with E-state index in [1.807, 2.05) is 13.1 Å². The van der Waals surface area contributed by atoms with Crippen LogP contribution in [0.15, 0.2) is 24.3 Å². The highest BCUT2D eigenvalue weighted by Gasteiger charge is 2.09. The van der Waals surface area contributed by atoms with Gasteiger partial charge in [0.2, 0.25) is 0 Å². The van der Waals surface area contributed by atoms with Crippen LogP contribution < -0.4 is 5.32 Å². The fourth-order valence-corrected chi connectivity index (χ4v) is 2.17. The van der Waals surface area contributed by atoms with Gasteiger partial charge in [0, 0.05) is 20.1 Å². The summed E-state index contributed by atoms with van der Waals surface area (Å²) in [7, 11) is 3.72. The predicted octanol–water partition coefficient (Wildman–Crippen LogP) is 1.83. The quantitative estimate of drug-likeness (QED) is 0.759. The summed E-state index contributed by atoms with van der Waals surface area (Å²) in [6, 6.07) is 8.29. The van der Waals surface area contributed by atoms with E-state index in [0.717, 1.165) is 43.9 Å². The van der Waals surface area contributed by atoms with Crippen LogP contribution in [0.5, 0.6) is 0 Å². The molecule has 1 aromatic heterocycles. The van der Waals surface area contributed by atoms with Crippen molar-refractivity contribution in [3.63, 3.8) is 0 Å². The van der Waals surface area contributed by atoms with E-state index in [1.165, 1.54) is 5.52 Å². The van der Waals surface area contributed by atoms with Gasteiger partial charge in [-0.05, 0) is 32.1 Å². The number of methoxy groups -OCH3 is 1. The molecule has 18 heavy (non-hydrogen) atoms. The maximum Gasteiger partial charge on any atom is 0.109 e. The lowest BCUT2D eigenvalue weighted by Crippen LogP contribution is -2.12. The number of aromatic nitrogens is 2. The molecule has 0 unspecified atom stereocenters. The van der Waals surface area contributed by atoms with E-state index in [2.05, 4.69) is 28.1 Å². The normalized spacial score (nSPS) is 11.2. The molecule has 0 radical (unpaired) electrons. The van der Waals surface area contributed by atoms with Gasteiger partial charge >= 0.3 is 0 Å². The minimum Gasteiger partial charge on any atom is -0.383 e. The van der Waals surface area contributed by atoms with E-state index in [9.17, 15) is 0 Å². The van der Waals surface area contributed by atoms with Gasteiger partial charge in [-0.1, -0.05) is 12.1 Å². The van der Waals surface area contributed by atoms with Crippen molar-refractivity contribution < 1.29 is 4.74 Å². The van der Waals surface area contributed by atoms with Crippen molar-refractivity contribution in [2.75, 3.05) is 27.3 Å². The number of hydrogen-bond acceptors (Lipinski definition) is 3. The Kier molecular flexibility index (Phi) is 4.73. The van der Waals surface area contributed by atoms with Gasteiger partial charge in [0.15, 0.2) is 0 Å². The fourth-order valence-electron chi connectivity index (χ4n) is 2.17. The zero-order valence-corrected chi connectivity index (χ0v) is 11.1. The molecular weight excluding hydrogens is 226 g/mol. The molecule has 0 bridgehead atoms. The third-order valence-electron chi connectivity index (χ3n) is 3.08. The molecule has 4 heteroatoms. The Labute approximate surface area is 108 Å². The first-order chi connectivity index (χ1) is 8.86. The number of benzene rings is 1. The molecule has 4 nitrogen and oxygen atoms in total. The lowest BCUT2D eigenvalue weighted by molar-refractivity contribution is 0.187. The van der Waals surface area contributed by atoms with Gasteiger partial charge in [0.25, 0.3) is 0 Å². The molecule has 2 aromatic rings. The number of imidazole rings is 1. The zero-order chi connectivity index (χ0) is 12.8. The number of para-hydroxylation sites is 2. The van der Waals surface area contributed by atoms with Crippen LogP contribution in [0.1, 0.15) is 12.2 Å². The summed E-state index contributed by atoms with van der Waals surface area (Å²) < 4.78 is 7.46. The molecule has 0 atom stereocenters. The molecule has 0 fully saturated rings. The van der Waals surface area contributed by atoms with Crippen molar-refractivity contribution in [1.82, 2.24) is 14.9 Å². The van der Waals surface area contributed by atoms with Gasteiger partial charge in [-0.2, -0.15) is 0 Å². The number of ether oxygens (including phenoxy) is 1. The van der Waals surface area contributed by atoms with Crippen LogP contribution in [0.25, 0.3) is 11.0 Å². The first-order valence-electron chi connectivity index (χ1n) is 6.44. The standard InChI is InChI=1S/C14H21N3O/c1-15-9-5-8-14-16-12-6-3-4-7-13(12)17(14)10-11-18-2/h3-4,6-7,15H,5,8-11H2,1-2H3. The zero-order valence-electron chi connectivity index (χ0n) is 11.1. The largest absolute Gasteiger partial charge is 0.383 e. The van der Waals surface area contributed by atoms with Crippen molar-refractivity contribution in [2.24, 2.45) is 0 Å².